The number of hydrogen-bond donors (Lipinski definition) is 2. The summed E-state index contributed by atoms with van der Waals surface area (Å²) in [5.41, 5.74) is -1.35. The molecule has 18 heavy (non-hydrogen) atoms. The predicted molar refractivity (Wildman–Crippen MR) is 56.9 cm³/mol. The summed E-state index contributed by atoms with van der Waals surface area (Å²) in [6.07, 6.45) is -0.563. The van der Waals surface area contributed by atoms with Crippen molar-refractivity contribution in [3.8, 4) is 0 Å². The molecular formula is C10H10N3O5+. The first-order valence-corrected chi connectivity index (χ1v) is 5.04. The first kappa shape index (κ1) is 12.0. The van der Waals surface area contributed by atoms with Crippen molar-refractivity contribution in [2.75, 3.05) is 0 Å². The second kappa shape index (κ2) is 3.76. The van der Waals surface area contributed by atoms with Crippen LogP contribution in [0.1, 0.15) is 6.42 Å². The van der Waals surface area contributed by atoms with Crippen LogP contribution in [-0.4, -0.2) is 26.1 Å². The zero-order valence-electron chi connectivity index (χ0n) is 9.68. The molecule has 0 atom stereocenters. The molecule has 0 bridgehead atoms. The third-order valence-electron chi connectivity index (χ3n) is 2.80. The molecule has 0 aliphatic carbocycles. The van der Waals surface area contributed by atoms with Gasteiger partial charge in [0, 0.05) is 7.05 Å². The number of aliphatic carboxylic acids is 1. The van der Waals surface area contributed by atoms with E-state index in [9.17, 15) is 19.2 Å². The van der Waals surface area contributed by atoms with Gasteiger partial charge < -0.3 is 5.11 Å². The van der Waals surface area contributed by atoms with Gasteiger partial charge in [-0.05, 0) is 0 Å². The molecule has 8 nitrogen and oxygen atoms in total. The molecule has 1 aliphatic heterocycles. The maximum atomic E-state index is 11.9. The highest BCUT2D eigenvalue weighted by molar-refractivity contribution is 6.12. The van der Waals surface area contributed by atoms with E-state index in [2.05, 4.69) is 4.99 Å². The first-order chi connectivity index (χ1) is 8.34. The minimum absolute atomic E-state index is 0.0457. The highest BCUT2D eigenvalue weighted by atomic mass is 16.4. The Kier molecular flexibility index (Phi) is 2.50. The Labute approximate surface area is 99.1 Å². The second-order valence-corrected chi connectivity index (χ2v) is 3.93. The van der Waals surface area contributed by atoms with E-state index in [1.54, 1.807) is 0 Å². The number of nitrogens with zero attached hydrogens (tertiary/aromatic N) is 2. The molecule has 1 aromatic rings. The molecule has 0 unspecified atom stereocenters. The van der Waals surface area contributed by atoms with E-state index in [4.69, 9.17) is 5.11 Å². The molecule has 0 radical (unpaired) electrons. The first-order valence-electron chi connectivity index (χ1n) is 5.04. The molecule has 0 saturated carbocycles. The SMILES string of the molecule is Cn1c(=O)c2c(n(C)c1=O)=[NH+]C(=O)C=2CC(=O)O. The van der Waals surface area contributed by atoms with Gasteiger partial charge in [0.15, 0.2) is 0 Å². The van der Waals surface area contributed by atoms with Crippen LogP contribution in [0.3, 0.4) is 0 Å². The fraction of sp³-hybridized carbons (Fsp3) is 0.300. The molecular weight excluding hydrogens is 242 g/mol. The number of carboxylic acid groups (broad SMARTS) is 1. The van der Waals surface area contributed by atoms with Crippen LogP contribution >= 0.6 is 0 Å². The molecule has 2 heterocycles. The molecule has 0 saturated heterocycles. The van der Waals surface area contributed by atoms with Gasteiger partial charge in [-0.2, -0.15) is 4.57 Å². The summed E-state index contributed by atoms with van der Waals surface area (Å²) < 4.78 is 1.93. The van der Waals surface area contributed by atoms with Gasteiger partial charge in [0.2, 0.25) is 0 Å². The molecule has 2 rings (SSSR count). The van der Waals surface area contributed by atoms with Crippen molar-refractivity contribution in [1.82, 2.24) is 9.13 Å². The second-order valence-electron chi connectivity index (χ2n) is 3.93. The maximum absolute atomic E-state index is 11.9. The van der Waals surface area contributed by atoms with Crippen molar-refractivity contribution in [3.05, 3.63) is 31.5 Å². The molecule has 0 spiro atoms. The molecule has 1 amide bonds. The number of rotatable bonds is 2. The monoisotopic (exact) mass is 252 g/mol. The molecule has 2 N–H and O–H groups in total. The highest BCUT2D eigenvalue weighted by Gasteiger charge is 2.28. The van der Waals surface area contributed by atoms with Crippen LogP contribution in [0.5, 0.6) is 0 Å². The van der Waals surface area contributed by atoms with E-state index in [1.807, 2.05) is 0 Å². The Morgan fingerprint density at radius 3 is 2.39 bits per heavy atom. The predicted octanol–water partition coefficient (Wildman–Crippen LogP) is -5.05. The number of nitrogens with one attached hydrogen (secondary N) is 1. The van der Waals surface area contributed by atoms with Crippen molar-refractivity contribution in [2.45, 2.75) is 6.42 Å². The van der Waals surface area contributed by atoms with E-state index in [1.165, 1.54) is 14.1 Å². The van der Waals surface area contributed by atoms with Crippen LogP contribution in [0, 0.1) is 0 Å². The minimum atomic E-state index is -1.22. The van der Waals surface area contributed by atoms with Gasteiger partial charge in [-0.25, -0.2) is 19.1 Å². The van der Waals surface area contributed by atoms with Crippen LogP contribution in [0.4, 0.5) is 0 Å². The van der Waals surface area contributed by atoms with Gasteiger partial charge in [0.1, 0.15) is 5.22 Å². The third-order valence-corrected chi connectivity index (χ3v) is 2.80. The Balaban J connectivity index is 3.05. The topological polar surface area (TPSA) is 112 Å². The van der Waals surface area contributed by atoms with E-state index in [0.717, 1.165) is 9.13 Å². The lowest BCUT2D eigenvalue weighted by Crippen LogP contribution is -2.83. The lowest BCUT2D eigenvalue weighted by molar-refractivity contribution is -0.412. The summed E-state index contributed by atoms with van der Waals surface area (Å²) in [4.78, 5) is 48.2. The lowest BCUT2D eigenvalue weighted by atomic mass is 10.1. The average molecular weight is 252 g/mol. The quantitative estimate of drug-likeness (QED) is 0.547. The molecule has 1 aliphatic rings. The summed E-state index contributed by atoms with van der Waals surface area (Å²) in [6, 6.07) is 0. The van der Waals surface area contributed by atoms with Crippen molar-refractivity contribution < 1.29 is 19.7 Å². The van der Waals surface area contributed by atoms with Crippen LogP contribution < -0.4 is 26.9 Å². The van der Waals surface area contributed by atoms with Gasteiger partial charge in [-0.3, -0.25) is 9.59 Å². The largest absolute Gasteiger partial charge is 0.481 e. The van der Waals surface area contributed by atoms with Crippen LogP contribution in [0.2, 0.25) is 0 Å². The van der Waals surface area contributed by atoms with Gasteiger partial charge in [-0.15, -0.1) is 0 Å². The Hall–Kier alpha value is -2.51. The summed E-state index contributed by atoms with van der Waals surface area (Å²) in [5, 5.41) is 8.67. The summed E-state index contributed by atoms with van der Waals surface area (Å²) in [5.74, 6) is -1.88. The summed E-state index contributed by atoms with van der Waals surface area (Å²) >= 11 is 0. The maximum Gasteiger partial charge on any atom is 0.417 e. The lowest BCUT2D eigenvalue weighted by Gasteiger charge is -1.95. The van der Waals surface area contributed by atoms with Gasteiger partial charge >= 0.3 is 17.6 Å². The fourth-order valence-electron chi connectivity index (χ4n) is 1.88. The Bertz CT molecular complexity index is 812. The number of carboxylic acids is 1. The van der Waals surface area contributed by atoms with E-state index < -0.39 is 29.5 Å². The fourth-order valence-corrected chi connectivity index (χ4v) is 1.88. The Morgan fingerprint density at radius 1 is 1.22 bits per heavy atom. The van der Waals surface area contributed by atoms with Crippen LogP contribution in [0.25, 0.3) is 5.57 Å². The van der Waals surface area contributed by atoms with Gasteiger partial charge in [-0.1, -0.05) is 0 Å². The Morgan fingerprint density at radius 2 is 1.83 bits per heavy atom. The van der Waals surface area contributed by atoms with E-state index in [-0.39, 0.29) is 16.3 Å². The summed E-state index contributed by atoms with van der Waals surface area (Å²) in [6.45, 7) is 0. The normalized spacial score (nSPS) is 13.4. The molecule has 1 aromatic heterocycles. The number of fused-ring (bicyclic) bond motifs is 1. The summed E-state index contributed by atoms with van der Waals surface area (Å²) in [7, 11) is 2.66. The van der Waals surface area contributed by atoms with E-state index in [0.29, 0.717) is 0 Å². The standard InChI is InChI=1S/C10H9N3O5/c1-12-7-6(9(17)13(2)10(12)18)4(3-5(14)15)8(16)11-7/h3H2,1-2H3,(H,14,15)/p+1. The zero-order chi connectivity index (χ0) is 13.6. The average Bonchev–Trinajstić information content (AvgIpc) is 2.61. The zero-order valence-corrected chi connectivity index (χ0v) is 9.68. The van der Waals surface area contributed by atoms with Crippen LogP contribution in [-0.2, 0) is 23.7 Å². The van der Waals surface area contributed by atoms with E-state index >= 15 is 0 Å². The molecule has 0 aromatic carbocycles. The van der Waals surface area contributed by atoms with Crippen molar-refractivity contribution in [3.63, 3.8) is 0 Å². The number of hydrogen-bond acceptors (Lipinski definition) is 4. The number of carbonyl (C=O) groups excluding carboxylic acids is 1. The number of carbonyl (C=O) groups is 2. The van der Waals surface area contributed by atoms with Crippen molar-refractivity contribution in [2.24, 2.45) is 14.1 Å². The minimum Gasteiger partial charge on any atom is -0.481 e. The molecule has 8 heteroatoms. The van der Waals surface area contributed by atoms with Gasteiger partial charge in [0.05, 0.1) is 19.0 Å². The highest BCUT2D eigenvalue weighted by Crippen LogP contribution is 1.96. The molecule has 94 valence electrons. The smallest absolute Gasteiger partial charge is 0.417 e. The number of aromatic nitrogens is 2. The number of amides is 1. The molecule has 0 fully saturated rings. The van der Waals surface area contributed by atoms with Crippen LogP contribution in [0.15, 0.2) is 9.59 Å². The van der Waals surface area contributed by atoms with Gasteiger partial charge in [0.25, 0.3) is 11.0 Å². The van der Waals surface area contributed by atoms with Crippen molar-refractivity contribution in [1.29, 1.82) is 0 Å². The third kappa shape index (κ3) is 1.50. The van der Waals surface area contributed by atoms with Crippen molar-refractivity contribution >= 4 is 17.4 Å².